The minimum absolute atomic E-state index is 0.393. The molecule has 270 valence electrons. The van der Waals surface area contributed by atoms with Crippen molar-refractivity contribution >= 4 is 33.3 Å². The van der Waals surface area contributed by atoms with Crippen LogP contribution in [0.2, 0.25) is 0 Å². The highest BCUT2D eigenvalue weighted by Crippen LogP contribution is 2.62. The van der Waals surface area contributed by atoms with Crippen molar-refractivity contribution in [2.75, 3.05) is 0 Å². The van der Waals surface area contributed by atoms with Crippen molar-refractivity contribution in [1.29, 1.82) is 0 Å². The van der Waals surface area contributed by atoms with E-state index in [1.807, 2.05) is 30.0 Å². The predicted octanol–water partition coefficient (Wildman–Crippen LogP) is 13.7. The monoisotopic (exact) mass is 755 g/mol. The highest BCUT2D eigenvalue weighted by atomic mass is 32.2. The fraction of sp³-hybridized carbons (Fsp3) is 0.0185. The average molecular weight is 756 g/mol. The first kappa shape index (κ1) is 33.0. The molecule has 0 amide bonds. The number of rotatable bonds is 4. The first-order chi connectivity index (χ1) is 28.7. The molecule has 3 nitrogen and oxygen atoms in total. The number of hydrogen-bond donors (Lipinski definition) is 0. The summed E-state index contributed by atoms with van der Waals surface area (Å²) < 4.78 is 0. The van der Waals surface area contributed by atoms with E-state index in [2.05, 4.69) is 182 Å². The minimum Gasteiger partial charge on any atom is -0.208 e. The lowest BCUT2D eigenvalue weighted by atomic mass is 9.67. The normalized spacial score (nSPS) is 13.2. The van der Waals surface area contributed by atoms with Gasteiger partial charge in [0.2, 0.25) is 0 Å². The molecule has 1 aliphatic heterocycles. The summed E-state index contributed by atoms with van der Waals surface area (Å²) in [6.45, 7) is 0. The molecular formula is C54H33N3S. The third-order valence-corrected chi connectivity index (χ3v) is 13.1. The Bertz CT molecular complexity index is 3230. The van der Waals surface area contributed by atoms with Gasteiger partial charge >= 0.3 is 0 Å². The topological polar surface area (TPSA) is 38.7 Å². The molecular weight excluding hydrogens is 723 g/mol. The van der Waals surface area contributed by atoms with Crippen molar-refractivity contribution in [2.24, 2.45) is 0 Å². The maximum atomic E-state index is 5.16. The predicted molar refractivity (Wildman–Crippen MR) is 238 cm³/mol. The zero-order chi connectivity index (χ0) is 38.2. The Hall–Kier alpha value is -7.14. The van der Waals surface area contributed by atoms with Crippen molar-refractivity contribution in [2.45, 2.75) is 15.2 Å². The number of hydrogen-bond acceptors (Lipinski definition) is 4. The third-order valence-electron chi connectivity index (χ3n) is 12.0. The van der Waals surface area contributed by atoms with Gasteiger partial charge in [0.05, 0.1) is 5.41 Å². The number of aromatic nitrogens is 3. The Morgan fingerprint density at radius 2 is 0.845 bits per heavy atom. The van der Waals surface area contributed by atoms with Crippen LogP contribution in [0.5, 0.6) is 0 Å². The largest absolute Gasteiger partial charge is 0.208 e. The van der Waals surface area contributed by atoms with E-state index in [9.17, 15) is 0 Å². The van der Waals surface area contributed by atoms with Gasteiger partial charge < -0.3 is 0 Å². The molecule has 0 saturated carbocycles. The summed E-state index contributed by atoms with van der Waals surface area (Å²) in [5.41, 5.74) is 12.7. The summed E-state index contributed by atoms with van der Waals surface area (Å²) in [4.78, 5) is 17.9. The molecule has 9 aromatic carbocycles. The van der Waals surface area contributed by atoms with Crippen molar-refractivity contribution in [3.63, 3.8) is 0 Å². The lowest BCUT2D eigenvalue weighted by Crippen LogP contribution is -2.31. The maximum Gasteiger partial charge on any atom is 0.164 e. The van der Waals surface area contributed by atoms with Crippen LogP contribution in [0.1, 0.15) is 22.3 Å². The van der Waals surface area contributed by atoms with Gasteiger partial charge in [-0.1, -0.05) is 188 Å². The molecule has 1 aromatic heterocycles. The van der Waals surface area contributed by atoms with Crippen LogP contribution in [-0.4, -0.2) is 15.0 Å². The molecule has 0 bridgehead atoms. The Labute approximate surface area is 340 Å². The number of benzene rings is 9. The van der Waals surface area contributed by atoms with Gasteiger partial charge in [-0.2, -0.15) is 0 Å². The van der Waals surface area contributed by atoms with Crippen LogP contribution in [0.3, 0.4) is 0 Å². The second-order valence-corrected chi connectivity index (χ2v) is 16.2. The third kappa shape index (κ3) is 4.98. The fourth-order valence-corrected chi connectivity index (χ4v) is 10.6. The molecule has 2 aliphatic rings. The quantitative estimate of drug-likeness (QED) is 0.168. The Kier molecular flexibility index (Phi) is 7.38. The Balaban J connectivity index is 0.990. The highest BCUT2D eigenvalue weighted by Gasteiger charge is 2.50. The molecule has 10 aromatic rings. The maximum absolute atomic E-state index is 5.16. The SMILES string of the molecule is c1ccc(-c2nc(-c3cccc(-c4ccc5c(c4)Sc4ccccc4C54c5ccccc5-c5ccccc54)c3)nc(-c3ccc4c(ccc5ccccc54)c3)n2)cc1. The molecule has 4 heteroatoms. The van der Waals surface area contributed by atoms with Gasteiger partial charge in [0, 0.05) is 26.5 Å². The van der Waals surface area contributed by atoms with Crippen LogP contribution in [0.25, 0.3) is 78.0 Å². The summed E-state index contributed by atoms with van der Waals surface area (Å²) in [7, 11) is 0. The molecule has 58 heavy (non-hydrogen) atoms. The van der Waals surface area contributed by atoms with E-state index in [0.29, 0.717) is 17.5 Å². The number of nitrogens with zero attached hydrogens (tertiary/aromatic N) is 3. The van der Waals surface area contributed by atoms with Crippen LogP contribution in [-0.2, 0) is 5.41 Å². The van der Waals surface area contributed by atoms with Gasteiger partial charge in [-0.25, -0.2) is 15.0 Å². The summed E-state index contributed by atoms with van der Waals surface area (Å²) in [5, 5.41) is 4.83. The zero-order valence-corrected chi connectivity index (χ0v) is 32.1. The molecule has 0 radical (unpaired) electrons. The van der Waals surface area contributed by atoms with E-state index < -0.39 is 5.41 Å². The summed E-state index contributed by atoms with van der Waals surface area (Å²) in [6, 6.07) is 72.2. The molecule has 0 N–H and O–H groups in total. The molecule has 0 atom stereocenters. The van der Waals surface area contributed by atoms with Crippen molar-refractivity contribution in [3.8, 4) is 56.4 Å². The lowest BCUT2D eigenvalue weighted by molar-refractivity contribution is 0.722. The smallest absolute Gasteiger partial charge is 0.164 e. The first-order valence-electron chi connectivity index (χ1n) is 19.7. The van der Waals surface area contributed by atoms with Gasteiger partial charge in [0.25, 0.3) is 0 Å². The lowest BCUT2D eigenvalue weighted by Gasteiger charge is -2.39. The van der Waals surface area contributed by atoms with Crippen LogP contribution in [0.4, 0.5) is 0 Å². The molecule has 0 unspecified atom stereocenters. The van der Waals surface area contributed by atoms with Crippen LogP contribution < -0.4 is 0 Å². The van der Waals surface area contributed by atoms with Crippen LogP contribution in [0, 0.1) is 0 Å². The summed E-state index contributed by atoms with van der Waals surface area (Å²) in [5.74, 6) is 1.94. The zero-order valence-electron chi connectivity index (χ0n) is 31.3. The van der Waals surface area contributed by atoms with E-state index in [-0.39, 0.29) is 0 Å². The Morgan fingerprint density at radius 3 is 1.64 bits per heavy atom. The fourth-order valence-electron chi connectivity index (χ4n) is 9.38. The second-order valence-electron chi connectivity index (χ2n) is 15.1. The second kappa shape index (κ2) is 13.0. The standard InChI is InChI=1S/C54H33N3S/c1-2-14-35(15-3-1)51-55-52(57-53(56-51)40-27-29-42-38(32-40)26-25-34-13-4-5-18-41(34)42)39-17-12-16-36(31-39)37-28-30-48-50(33-37)58-49-24-11-10-23-47(49)54(48)45-21-8-6-19-43(45)44-20-7-9-22-46(44)54/h1-33H. The minimum atomic E-state index is -0.393. The van der Waals surface area contributed by atoms with Gasteiger partial charge in [-0.3, -0.25) is 0 Å². The van der Waals surface area contributed by atoms with Gasteiger partial charge in [-0.05, 0) is 90.3 Å². The molecule has 12 rings (SSSR count). The van der Waals surface area contributed by atoms with Crippen molar-refractivity contribution in [3.05, 3.63) is 222 Å². The van der Waals surface area contributed by atoms with Gasteiger partial charge in [0.15, 0.2) is 17.5 Å². The van der Waals surface area contributed by atoms with Crippen molar-refractivity contribution < 1.29 is 0 Å². The molecule has 0 fully saturated rings. The molecule has 1 spiro atoms. The van der Waals surface area contributed by atoms with E-state index in [0.717, 1.165) is 33.2 Å². The molecule has 0 saturated heterocycles. The highest BCUT2D eigenvalue weighted by molar-refractivity contribution is 7.99. The number of fused-ring (bicyclic) bond motifs is 12. The summed E-state index contributed by atoms with van der Waals surface area (Å²) >= 11 is 1.87. The average Bonchev–Trinajstić information content (AvgIpc) is 3.59. The van der Waals surface area contributed by atoms with Crippen LogP contribution in [0.15, 0.2) is 210 Å². The molecule has 2 heterocycles. The Morgan fingerprint density at radius 1 is 0.310 bits per heavy atom. The van der Waals surface area contributed by atoms with E-state index in [1.54, 1.807) is 0 Å². The van der Waals surface area contributed by atoms with Crippen molar-refractivity contribution in [1.82, 2.24) is 15.0 Å². The van der Waals surface area contributed by atoms with Crippen LogP contribution >= 0.6 is 11.8 Å². The van der Waals surface area contributed by atoms with E-state index in [1.165, 1.54) is 59.3 Å². The van der Waals surface area contributed by atoms with E-state index >= 15 is 0 Å². The van der Waals surface area contributed by atoms with Gasteiger partial charge in [0.1, 0.15) is 0 Å². The first-order valence-corrected chi connectivity index (χ1v) is 20.5. The van der Waals surface area contributed by atoms with E-state index in [4.69, 9.17) is 15.0 Å². The summed E-state index contributed by atoms with van der Waals surface area (Å²) in [6.07, 6.45) is 0. The molecule has 1 aliphatic carbocycles. The van der Waals surface area contributed by atoms with Gasteiger partial charge in [-0.15, -0.1) is 0 Å².